The van der Waals surface area contributed by atoms with E-state index in [1.54, 1.807) is 37.3 Å². The molecule has 3 aromatic rings. The van der Waals surface area contributed by atoms with Crippen molar-refractivity contribution in [2.45, 2.75) is 19.4 Å². The van der Waals surface area contributed by atoms with E-state index in [0.29, 0.717) is 47.9 Å². The van der Waals surface area contributed by atoms with Crippen LogP contribution in [0.25, 0.3) is 11.0 Å². The summed E-state index contributed by atoms with van der Waals surface area (Å²) in [6.45, 7) is 2.70. The fraction of sp³-hybridized carbons (Fsp3) is 0.238. The van der Waals surface area contributed by atoms with Crippen LogP contribution in [0, 0.1) is 0 Å². The van der Waals surface area contributed by atoms with Gasteiger partial charge in [0.1, 0.15) is 13.2 Å². The molecule has 1 aliphatic rings. The lowest BCUT2D eigenvalue weighted by Crippen LogP contribution is -2.32. The SMILES string of the molecule is CCC(OC(=O)c1cnc2ccccc2n1)C(=O)Nc1ccc2c(c1)OCCO2. The number of para-hydroxylation sites is 2. The van der Waals surface area contributed by atoms with Gasteiger partial charge >= 0.3 is 5.97 Å². The van der Waals surface area contributed by atoms with Crippen molar-refractivity contribution in [2.24, 2.45) is 0 Å². The zero-order chi connectivity index (χ0) is 20.2. The van der Waals surface area contributed by atoms with E-state index in [9.17, 15) is 9.59 Å². The van der Waals surface area contributed by atoms with Crippen molar-refractivity contribution < 1.29 is 23.8 Å². The molecule has 1 N–H and O–H groups in total. The highest BCUT2D eigenvalue weighted by atomic mass is 16.6. The molecule has 0 saturated carbocycles. The Hall–Kier alpha value is -3.68. The van der Waals surface area contributed by atoms with Crippen LogP contribution in [0.15, 0.2) is 48.7 Å². The van der Waals surface area contributed by atoms with Crippen LogP contribution in [-0.4, -0.2) is 41.2 Å². The predicted octanol–water partition coefficient (Wildman–Crippen LogP) is 2.98. The van der Waals surface area contributed by atoms with Crippen LogP contribution >= 0.6 is 0 Å². The Kier molecular flexibility index (Phi) is 5.24. The molecule has 0 bridgehead atoms. The Labute approximate surface area is 166 Å². The topological polar surface area (TPSA) is 99.6 Å². The van der Waals surface area contributed by atoms with Gasteiger partial charge in [0.05, 0.1) is 17.2 Å². The first-order chi connectivity index (χ1) is 14.1. The maximum absolute atomic E-state index is 12.6. The number of carbonyl (C=O) groups is 2. The van der Waals surface area contributed by atoms with Crippen molar-refractivity contribution in [1.82, 2.24) is 9.97 Å². The number of anilines is 1. The van der Waals surface area contributed by atoms with E-state index in [2.05, 4.69) is 15.3 Å². The van der Waals surface area contributed by atoms with Crippen LogP contribution in [0.4, 0.5) is 5.69 Å². The smallest absolute Gasteiger partial charge is 0.359 e. The van der Waals surface area contributed by atoms with Gasteiger partial charge in [0, 0.05) is 11.8 Å². The molecule has 1 unspecified atom stereocenters. The highest BCUT2D eigenvalue weighted by Crippen LogP contribution is 2.32. The van der Waals surface area contributed by atoms with Crippen LogP contribution in [0.1, 0.15) is 23.8 Å². The first-order valence-corrected chi connectivity index (χ1v) is 9.27. The minimum Gasteiger partial charge on any atom is -0.486 e. The number of rotatable bonds is 5. The summed E-state index contributed by atoms with van der Waals surface area (Å²) in [6.07, 6.45) is 0.683. The fourth-order valence-corrected chi connectivity index (χ4v) is 2.91. The average molecular weight is 393 g/mol. The van der Waals surface area contributed by atoms with E-state index < -0.39 is 18.0 Å². The van der Waals surface area contributed by atoms with Crippen LogP contribution in [0.2, 0.25) is 0 Å². The molecule has 0 saturated heterocycles. The standard InChI is InChI=1S/C21H19N3O5/c1-2-17(20(25)23-13-7-8-18-19(11-13)28-10-9-27-18)29-21(26)16-12-22-14-5-3-4-6-15(14)24-16/h3-8,11-12,17H,2,9-10H2,1H3,(H,23,25). The van der Waals surface area contributed by atoms with Crippen LogP contribution < -0.4 is 14.8 Å². The Morgan fingerprint density at radius 3 is 2.66 bits per heavy atom. The lowest BCUT2D eigenvalue weighted by Gasteiger charge is -2.20. The number of amides is 1. The zero-order valence-corrected chi connectivity index (χ0v) is 15.8. The molecule has 0 fully saturated rings. The van der Waals surface area contributed by atoms with Gasteiger partial charge in [-0.2, -0.15) is 0 Å². The van der Waals surface area contributed by atoms with Crippen molar-refractivity contribution in [2.75, 3.05) is 18.5 Å². The monoisotopic (exact) mass is 393 g/mol. The third-order valence-corrected chi connectivity index (χ3v) is 4.38. The van der Waals surface area contributed by atoms with Gasteiger partial charge in [0.25, 0.3) is 5.91 Å². The largest absolute Gasteiger partial charge is 0.486 e. The van der Waals surface area contributed by atoms with Crippen LogP contribution in [0.5, 0.6) is 11.5 Å². The zero-order valence-electron chi connectivity index (χ0n) is 15.8. The summed E-state index contributed by atoms with van der Waals surface area (Å²) in [4.78, 5) is 33.5. The minimum atomic E-state index is -0.969. The molecule has 2 aromatic carbocycles. The van der Waals surface area contributed by atoms with Crippen molar-refractivity contribution in [3.8, 4) is 11.5 Å². The van der Waals surface area contributed by atoms with E-state index in [0.717, 1.165) is 0 Å². The lowest BCUT2D eigenvalue weighted by molar-refractivity contribution is -0.124. The molecule has 4 rings (SSSR count). The van der Waals surface area contributed by atoms with Gasteiger partial charge in [-0.05, 0) is 30.7 Å². The summed E-state index contributed by atoms with van der Waals surface area (Å²) in [6, 6.07) is 12.3. The highest BCUT2D eigenvalue weighted by Gasteiger charge is 2.24. The third kappa shape index (κ3) is 4.11. The van der Waals surface area contributed by atoms with E-state index >= 15 is 0 Å². The molecule has 1 atom stereocenters. The maximum Gasteiger partial charge on any atom is 0.359 e. The highest BCUT2D eigenvalue weighted by molar-refractivity contribution is 5.97. The molecule has 8 heteroatoms. The molecule has 8 nitrogen and oxygen atoms in total. The number of hydrogen-bond acceptors (Lipinski definition) is 7. The van der Waals surface area contributed by atoms with Gasteiger partial charge in [0.2, 0.25) is 0 Å². The maximum atomic E-state index is 12.6. The molecule has 1 aromatic heterocycles. The minimum absolute atomic E-state index is 0.0503. The summed E-state index contributed by atoms with van der Waals surface area (Å²) < 4.78 is 16.3. The molecular formula is C21H19N3O5. The molecule has 1 aliphatic heterocycles. The number of esters is 1. The van der Waals surface area contributed by atoms with Crippen LogP contribution in [-0.2, 0) is 9.53 Å². The number of benzene rings is 2. The van der Waals surface area contributed by atoms with Crippen LogP contribution in [0.3, 0.4) is 0 Å². The summed E-state index contributed by atoms with van der Waals surface area (Å²) in [5.74, 6) is 0.0480. The molecule has 0 radical (unpaired) electrons. The molecular weight excluding hydrogens is 374 g/mol. The molecule has 0 spiro atoms. The van der Waals surface area contributed by atoms with Crippen molar-refractivity contribution in [3.63, 3.8) is 0 Å². The average Bonchev–Trinajstić information content (AvgIpc) is 2.76. The molecule has 2 heterocycles. The Bertz CT molecular complexity index is 1070. The number of aromatic nitrogens is 2. The van der Waals surface area contributed by atoms with Gasteiger partial charge in [-0.25, -0.2) is 9.78 Å². The van der Waals surface area contributed by atoms with Gasteiger partial charge < -0.3 is 19.5 Å². The van der Waals surface area contributed by atoms with Crippen molar-refractivity contribution in [1.29, 1.82) is 0 Å². The van der Waals surface area contributed by atoms with Gasteiger partial charge in [-0.15, -0.1) is 0 Å². The van der Waals surface area contributed by atoms with Crippen molar-refractivity contribution >= 4 is 28.6 Å². The number of ether oxygens (including phenoxy) is 3. The number of fused-ring (bicyclic) bond motifs is 2. The summed E-state index contributed by atoms with van der Waals surface area (Å²) >= 11 is 0. The number of hydrogen-bond donors (Lipinski definition) is 1. The predicted molar refractivity (Wildman–Crippen MR) is 105 cm³/mol. The Morgan fingerprint density at radius 1 is 1.10 bits per heavy atom. The van der Waals surface area contributed by atoms with E-state index in [1.807, 2.05) is 12.1 Å². The summed E-state index contributed by atoms with van der Waals surface area (Å²) in [5, 5.41) is 2.74. The number of nitrogens with zero attached hydrogens (tertiary/aromatic N) is 2. The first kappa shape index (κ1) is 18.7. The Balaban J connectivity index is 1.44. The molecule has 148 valence electrons. The van der Waals surface area contributed by atoms with E-state index in [4.69, 9.17) is 14.2 Å². The molecule has 1 amide bonds. The normalized spacial score (nSPS) is 13.6. The van der Waals surface area contributed by atoms with E-state index in [-0.39, 0.29) is 5.69 Å². The second-order valence-electron chi connectivity index (χ2n) is 6.39. The third-order valence-electron chi connectivity index (χ3n) is 4.38. The molecule has 0 aliphatic carbocycles. The quantitative estimate of drug-likeness (QED) is 0.665. The second-order valence-corrected chi connectivity index (χ2v) is 6.39. The summed E-state index contributed by atoms with van der Waals surface area (Å²) in [7, 11) is 0. The number of carbonyl (C=O) groups excluding carboxylic acids is 2. The van der Waals surface area contributed by atoms with Gasteiger partial charge in [-0.1, -0.05) is 19.1 Å². The summed E-state index contributed by atoms with van der Waals surface area (Å²) in [5.41, 5.74) is 1.83. The fourth-order valence-electron chi connectivity index (χ4n) is 2.91. The second kappa shape index (κ2) is 8.14. The number of nitrogens with one attached hydrogen (secondary N) is 1. The Morgan fingerprint density at radius 2 is 1.86 bits per heavy atom. The van der Waals surface area contributed by atoms with Crippen molar-refractivity contribution in [3.05, 3.63) is 54.4 Å². The van der Waals surface area contributed by atoms with E-state index in [1.165, 1.54) is 6.20 Å². The van der Waals surface area contributed by atoms with Gasteiger partial charge in [-0.3, -0.25) is 9.78 Å². The lowest BCUT2D eigenvalue weighted by atomic mass is 10.2. The van der Waals surface area contributed by atoms with Gasteiger partial charge in [0.15, 0.2) is 23.3 Å². The first-order valence-electron chi connectivity index (χ1n) is 9.27. The molecule has 29 heavy (non-hydrogen) atoms.